The van der Waals surface area contributed by atoms with Crippen molar-refractivity contribution in [2.45, 2.75) is 103 Å². The van der Waals surface area contributed by atoms with Crippen molar-refractivity contribution in [3.63, 3.8) is 0 Å². The number of hydrogen-bond donors (Lipinski definition) is 0. The van der Waals surface area contributed by atoms with Gasteiger partial charge in [0.05, 0.1) is 55.6 Å². The van der Waals surface area contributed by atoms with Crippen LogP contribution in [0.4, 0.5) is 18.3 Å². The molecule has 19 heteroatoms. The van der Waals surface area contributed by atoms with E-state index in [0.717, 1.165) is 111 Å². The Bertz CT molecular complexity index is 3280. The molecule has 2 aliphatic heterocycles. The molecule has 15 nitrogen and oxygen atoms in total. The van der Waals surface area contributed by atoms with Crippen LogP contribution in [0.3, 0.4) is 0 Å². The molecule has 5 aromatic carbocycles. The van der Waals surface area contributed by atoms with Gasteiger partial charge in [-0.15, -0.1) is 0 Å². The first-order valence-corrected chi connectivity index (χ1v) is 29.2. The van der Waals surface area contributed by atoms with Crippen LogP contribution < -0.4 is 19.2 Å². The van der Waals surface area contributed by atoms with Gasteiger partial charge in [-0.2, -0.15) is 18.3 Å². The van der Waals surface area contributed by atoms with Crippen LogP contribution in [0.5, 0.6) is 17.2 Å². The molecule has 1 saturated heterocycles. The van der Waals surface area contributed by atoms with Crippen LogP contribution in [0.2, 0.25) is 0 Å². The highest BCUT2D eigenvalue weighted by Crippen LogP contribution is 2.36. The molecule has 3 aliphatic rings. The summed E-state index contributed by atoms with van der Waals surface area (Å²) in [6.45, 7) is 10.2. The van der Waals surface area contributed by atoms with E-state index >= 15 is 0 Å². The van der Waals surface area contributed by atoms with Gasteiger partial charge in [0.15, 0.2) is 0 Å². The first-order valence-electron chi connectivity index (χ1n) is 28.4. The van der Waals surface area contributed by atoms with Crippen LogP contribution in [0.1, 0.15) is 87.0 Å². The lowest BCUT2D eigenvalue weighted by atomic mass is 9.88. The zero-order valence-electron chi connectivity index (χ0n) is 46.8. The summed E-state index contributed by atoms with van der Waals surface area (Å²) in [4.78, 5) is 55.7. The second-order valence-corrected chi connectivity index (χ2v) is 22.0. The minimum atomic E-state index is -4.83. The smallest absolute Gasteiger partial charge is 0.422 e. The number of carbonyl (C=O) groups is 4. The summed E-state index contributed by atoms with van der Waals surface area (Å²) in [5.74, 6) is -0.318. The van der Waals surface area contributed by atoms with Gasteiger partial charge < -0.3 is 33.2 Å². The number of imide groups is 1. The molecule has 0 N–H and O–H groups in total. The lowest BCUT2D eigenvalue weighted by Crippen LogP contribution is -2.31. The number of esters is 2. The largest absolute Gasteiger partial charge is 0.493 e. The maximum Gasteiger partial charge on any atom is 0.422 e. The standard InChI is InChI=1S/C64H69F3N4O11S/c1-4-10-49-35-50(47-17-18-48-37-53(22-19-46(48)34-47)80-39-45-13-20-52(21-14-45)77-31-32-79-62(75)43(3)64(65,66)67)36-51(38-68-71(28-7-8-29-76-40-54-41-81-54)63-69-55-11-5-6-12-57(55)83-63)61(49)82-60(74)26-16-44-15-23-56(42(2)33-44)78-30-9-27-70-58(72)24-25-59(70)73/h5-6,11-12,15,17-19,22-25,33-38,45,52,54H,3-4,7-10,13-14,16,20-21,26-32,39-41H2,1-2H3/b68-38+. The first-order chi connectivity index (χ1) is 40.2. The summed E-state index contributed by atoms with van der Waals surface area (Å²) < 4.78 is 79.6. The third-order valence-corrected chi connectivity index (χ3v) is 15.7. The number of fused-ring (bicyclic) bond motifs is 2. The molecule has 438 valence electrons. The van der Waals surface area contributed by atoms with Gasteiger partial charge in [-0.25, -0.2) is 14.8 Å². The Kier molecular flexibility index (Phi) is 20.8. The fourth-order valence-electron chi connectivity index (χ4n) is 9.93. The number of nitrogens with zero attached hydrogens (tertiary/aromatic N) is 4. The lowest BCUT2D eigenvalue weighted by molar-refractivity contribution is -0.152. The third kappa shape index (κ3) is 17.1. The number of amides is 2. The zero-order valence-corrected chi connectivity index (χ0v) is 47.6. The van der Waals surface area contributed by atoms with Gasteiger partial charge in [-0.3, -0.25) is 19.3 Å². The molecule has 1 aliphatic carbocycles. The monoisotopic (exact) mass is 1160 g/mol. The summed E-state index contributed by atoms with van der Waals surface area (Å²) in [6, 6.07) is 30.3. The SMILES string of the molecule is C=C(C(=O)OCCOC1CCC(COc2ccc3cc(-c4cc(/C=N/N(CCCCOCC5CO5)c5nc6ccccc6s5)c(OC(=O)CCc5ccc(OCCCN6C(=O)C=CC6=O)c(C)c5)c(CCC)c4)ccc3c2)CC1)C(F)(F)F. The summed E-state index contributed by atoms with van der Waals surface area (Å²) in [7, 11) is 0. The second-order valence-electron chi connectivity index (χ2n) is 21.0. The number of thiazole rings is 1. The summed E-state index contributed by atoms with van der Waals surface area (Å²) in [5, 5.41) is 9.80. The third-order valence-electron chi connectivity index (χ3n) is 14.6. The number of unbranched alkanes of at least 4 members (excludes halogenated alkanes) is 1. The molecule has 83 heavy (non-hydrogen) atoms. The van der Waals surface area contributed by atoms with Gasteiger partial charge in [-0.05, 0) is 158 Å². The predicted molar refractivity (Wildman–Crippen MR) is 312 cm³/mol. The minimum Gasteiger partial charge on any atom is -0.493 e. The van der Waals surface area contributed by atoms with Crippen LogP contribution in [-0.2, 0) is 51.0 Å². The van der Waals surface area contributed by atoms with Gasteiger partial charge in [0.25, 0.3) is 11.8 Å². The van der Waals surface area contributed by atoms with E-state index in [0.29, 0.717) is 75.2 Å². The maximum absolute atomic E-state index is 14.0. The molecule has 6 aromatic rings. The predicted octanol–water partition coefficient (Wildman–Crippen LogP) is 12.3. The second kappa shape index (κ2) is 28.7. The summed E-state index contributed by atoms with van der Waals surface area (Å²) in [6.07, 6.45) is 6.92. The number of para-hydroxylation sites is 1. The van der Waals surface area contributed by atoms with Crippen molar-refractivity contribution in [3.8, 4) is 28.4 Å². The Labute approximate surface area is 485 Å². The molecule has 2 fully saturated rings. The number of alkyl halides is 3. The van der Waals surface area contributed by atoms with E-state index in [4.69, 9.17) is 38.5 Å². The molecule has 1 saturated carbocycles. The fourth-order valence-corrected chi connectivity index (χ4v) is 10.9. The molecule has 3 heterocycles. The van der Waals surface area contributed by atoms with Gasteiger partial charge in [0.1, 0.15) is 35.5 Å². The van der Waals surface area contributed by atoms with Crippen molar-refractivity contribution in [2.75, 3.05) is 64.3 Å². The number of rotatable bonds is 30. The highest BCUT2D eigenvalue weighted by atomic mass is 32.1. The van der Waals surface area contributed by atoms with E-state index in [1.807, 2.05) is 78.7 Å². The average Bonchev–Trinajstić information content (AvgIpc) is 3.94. The van der Waals surface area contributed by atoms with E-state index in [9.17, 15) is 32.3 Å². The molecule has 0 spiro atoms. The van der Waals surface area contributed by atoms with Crippen molar-refractivity contribution in [1.29, 1.82) is 0 Å². The number of hydrazone groups is 1. The quantitative estimate of drug-likeness (QED) is 0.00611. The number of anilines is 1. The number of epoxide rings is 1. The van der Waals surface area contributed by atoms with Crippen molar-refractivity contribution in [3.05, 3.63) is 138 Å². The molecule has 1 aromatic heterocycles. The van der Waals surface area contributed by atoms with Crippen LogP contribution in [0, 0.1) is 12.8 Å². The highest BCUT2D eigenvalue weighted by molar-refractivity contribution is 7.22. The number of aryl methyl sites for hydroxylation is 3. The molecule has 0 radical (unpaired) electrons. The van der Waals surface area contributed by atoms with Gasteiger partial charge in [0, 0.05) is 43.8 Å². The number of carbonyl (C=O) groups excluding carboxylic acids is 4. The van der Waals surface area contributed by atoms with E-state index in [1.54, 1.807) is 17.6 Å². The Hall–Kier alpha value is -7.45. The van der Waals surface area contributed by atoms with Crippen molar-refractivity contribution in [1.82, 2.24) is 9.88 Å². The van der Waals surface area contributed by atoms with E-state index in [2.05, 4.69) is 42.5 Å². The zero-order chi connectivity index (χ0) is 58.3. The molecule has 1 unspecified atom stereocenters. The van der Waals surface area contributed by atoms with Gasteiger partial charge in [-0.1, -0.05) is 73.7 Å². The molecular weight excluding hydrogens is 1090 g/mol. The topological polar surface area (TPSA) is 168 Å². The van der Waals surface area contributed by atoms with E-state index < -0.39 is 17.7 Å². The molecule has 0 bridgehead atoms. The van der Waals surface area contributed by atoms with Crippen molar-refractivity contribution >= 4 is 67.4 Å². The first kappa shape index (κ1) is 60.2. The lowest BCUT2D eigenvalue weighted by Gasteiger charge is -2.28. The summed E-state index contributed by atoms with van der Waals surface area (Å²) in [5.41, 5.74) is 4.60. The number of hydrogen-bond acceptors (Lipinski definition) is 15. The van der Waals surface area contributed by atoms with Crippen LogP contribution in [0.15, 0.2) is 120 Å². The molecule has 1 atom stereocenters. The Morgan fingerprint density at radius 1 is 0.855 bits per heavy atom. The maximum atomic E-state index is 14.0. The van der Waals surface area contributed by atoms with Crippen molar-refractivity contribution < 1.29 is 65.5 Å². The Morgan fingerprint density at radius 3 is 2.40 bits per heavy atom. The molecular formula is C64H69F3N4O11S. The number of benzene rings is 5. The van der Waals surface area contributed by atoms with Crippen LogP contribution in [-0.4, -0.2) is 118 Å². The fraction of sp³-hybridized carbons (Fsp3) is 0.406. The van der Waals surface area contributed by atoms with Crippen LogP contribution >= 0.6 is 11.3 Å². The minimum absolute atomic E-state index is 0.00564. The number of aromatic nitrogens is 1. The molecule has 9 rings (SSSR count). The number of halogens is 3. The van der Waals surface area contributed by atoms with Gasteiger partial charge in [0.2, 0.25) is 5.13 Å². The summed E-state index contributed by atoms with van der Waals surface area (Å²) >= 11 is 1.56. The van der Waals surface area contributed by atoms with Crippen LogP contribution in [0.25, 0.3) is 32.1 Å². The van der Waals surface area contributed by atoms with E-state index in [-0.39, 0.29) is 56.2 Å². The molecule has 2 amide bonds. The highest BCUT2D eigenvalue weighted by Gasteiger charge is 2.38. The van der Waals surface area contributed by atoms with Crippen molar-refractivity contribution in [2.24, 2.45) is 11.0 Å². The average molecular weight is 1160 g/mol. The normalized spacial score (nSPS) is 17.0. The van der Waals surface area contributed by atoms with Gasteiger partial charge >= 0.3 is 18.1 Å². The number of ether oxygens (including phenoxy) is 7. The Balaban J connectivity index is 0.885. The van der Waals surface area contributed by atoms with E-state index in [1.165, 1.54) is 17.1 Å². The Morgan fingerprint density at radius 2 is 1.64 bits per heavy atom.